The van der Waals surface area contributed by atoms with E-state index in [0.29, 0.717) is 10.9 Å². The summed E-state index contributed by atoms with van der Waals surface area (Å²) in [7, 11) is 0. The molecule has 1 aromatic carbocycles. The number of imidazole rings is 1. The minimum atomic E-state index is -0.914. The van der Waals surface area contributed by atoms with E-state index in [1.165, 1.54) is 12.8 Å². The van der Waals surface area contributed by atoms with Gasteiger partial charge in [0.15, 0.2) is 0 Å². The van der Waals surface area contributed by atoms with Crippen molar-refractivity contribution >= 4 is 17.0 Å². The number of benzene rings is 1. The van der Waals surface area contributed by atoms with Crippen LogP contribution >= 0.6 is 0 Å². The van der Waals surface area contributed by atoms with E-state index in [9.17, 15) is 9.90 Å². The van der Waals surface area contributed by atoms with Crippen LogP contribution in [0, 0.1) is 12.3 Å². The highest BCUT2D eigenvalue weighted by Crippen LogP contribution is 2.47. The molecule has 0 unspecified atom stereocenters. The maximum absolute atomic E-state index is 11.2. The Hall–Kier alpha value is -1.84. The Morgan fingerprint density at radius 1 is 1.50 bits per heavy atom. The monoisotopic (exact) mass is 244 g/mol. The van der Waals surface area contributed by atoms with Crippen molar-refractivity contribution in [1.82, 2.24) is 9.55 Å². The molecule has 0 bridgehead atoms. The fraction of sp³-hybridized carbons (Fsp3) is 0.429. The Bertz CT molecular complexity index is 639. The summed E-state index contributed by atoms with van der Waals surface area (Å²) >= 11 is 0. The molecule has 1 fully saturated rings. The number of carboxylic acids is 1. The highest BCUT2D eigenvalue weighted by molar-refractivity contribution is 6.01. The van der Waals surface area contributed by atoms with E-state index >= 15 is 0 Å². The number of fused-ring (bicyclic) bond motifs is 1. The van der Waals surface area contributed by atoms with Gasteiger partial charge in [0.1, 0.15) is 11.3 Å². The Kier molecular flexibility index (Phi) is 2.24. The quantitative estimate of drug-likeness (QED) is 0.903. The topological polar surface area (TPSA) is 55.1 Å². The molecule has 3 rings (SSSR count). The summed E-state index contributed by atoms with van der Waals surface area (Å²) in [5, 5.41) is 9.18. The standard InChI is InChI=1S/C14H16N2O2/c1-9-15-12-10(13(17)18)4-3-5-11(12)16(9)8-14(2)6-7-14/h3-5H,6-8H2,1-2H3,(H,17,18). The van der Waals surface area contributed by atoms with Crippen LogP contribution < -0.4 is 0 Å². The zero-order chi connectivity index (χ0) is 12.9. The number of carbonyl (C=O) groups is 1. The summed E-state index contributed by atoms with van der Waals surface area (Å²) in [6.45, 7) is 5.13. The van der Waals surface area contributed by atoms with E-state index in [4.69, 9.17) is 0 Å². The van der Waals surface area contributed by atoms with E-state index in [0.717, 1.165) is 17.9 Å². The van der Waals surface area contributed by atoms with E-state index < -0.39 is 5.97 Å². The first-order chi connectivity index (χ1) is 8.50. The smallest absolute Gasteiger partial charge is 0.337 e. The Labute approximate surface area is 105 Å². The van der Waals surface area contributed by atoms with Crippen LogP contribution in [-0.2, 0) is 6.54 Å². The number of para-hydroxylation sites is 1. The van der Waals surface area contributed by atoms with Crippen molar-refractivity contribution in [2.75, 3.05) is 0 Å². The van der Waals surface area contributed by atoms with Crippen molar-refractivity contribution in [3.05, 3.63) is 29.6 Å². The summed E-state index contributed by atoms with van der Waals surface area (Å²) in [4.78, 5) is 15.6. The lowest BCUT2D eigenvalue weighted by Gasteiger charge is -2.12. The molecule has 1 saturated carbocycles. The summed E-state index contributed by atoms with van der Waals surface area (Å²) in [5.74, 6) is -0.0188. The number of nitrogens with zero attached hydrogens (tertiary/aromatic N) is 2. The molecule has 1 aliphatic carbocycles. The van der Waals surface area contributed by atoms with Crippen LogP contribution in [0.25, 0.3) is 11.0 Å². The largest absolute Gasteiger partial charge is 0.478 e. The molecule has 1 N–H and O–H groups in total. The van der Waals surface area contributed by atoms with Crippen molar-refractivity contribution in [2.24, 2.45) is 5.41 Å². The van der Waals surface area contributed by atoms with Gasteiger partial charge in [0.2, 0.25) is 0 Å². The molecule has 1 aliphatic rings. The fourth-order valence-corrected chi connectivity index (χ4v) is 2.39. The van der Waals surface area contributed by atoms with Gasteiger partial charge in [-0.25, -0.2) is 9.78 Å². The van der Waals surface area contributed by atoms with Crippen molar-refractivity contribution in [2.45, 2.75) is 33.2 Å². The van der Waals surface area contributed by atoms with Gasteiger partial charge in [0, 0.05) is 6.54 Å². The number of aromatic nitrogens is 2. The maximum atomic E-state index is 11.2. The summed E-state index contributed by atoms with van der Waals surface area (Å²) in [6, 6.07) is 5.35. The average Bonchev–Trinajstić information content (AvgIpc) is 2.96. The Morgan fingerprint density at radius 3 is 2.83 bits per heavy atom. The highest BCUT2D eigenvalue weighted by atomic mass is 16.4. The molecule has 2 aromatic rings. The number of carboxylic acid groups (broad SMARTS) is 1. The minimum absolute atomic E-state index is 0.287. The van der Waals surface area contributed by atoms with Gasteiger partial charge in [-0.15, -0.1) is 0 Å². The molecule has 0 spiro atoms. The summed E-state index contributed by atoms with van der Waals surface area (Å²) in [6.07, 6.45) is 2.48. The number of rotatable bonds is 3. The molecular formula is C14H16N2O2. The van der Waals surface area contributed by atoms with Crippen LogP contribution in [0.5, 0.6) is 0 Å². The van der Waals surface area contributed by atoms with Crippen molar-refractivity contribution in [3.8, 4) is 0 Å². The van der Waals surface area contributed by atoms with Crippen LogP contribution in [-0.4, -0.2) is 20.6 Å². The van der Waals surface area contributed by atoms with E-state index in [2.05, 4.69) is 16.5 Å². The van der Waals surface area contributed by atoms with Crippen molar-refractivity contribution in [3.63, 3.8) is 0 Å². The van der Waals surface area contributed by atoms with E-state index in [1.54, 1.807) is 12.1 Å². The molecule has 0 atom stereocenters. The third-order valence-electron chi connectivity index (χ3n) is 3.84. The summed E-state index contributed by atoms with van der Waals surface area (Å²) < 4.78 is 2.15. The molecule has 1 heterocycles. The van der Waals surface area contributed by atoms with Gasteiger partial charge in [-0.05, 0) is 37.3 Å². The third kappa shape index (κ3) is 1.68. The molecular weight excluding hydrogens is 228 g/mol. The van der Waals surface area contributed by atoms with E-state index in [1.807, 2.05) is 13.0 Å². The number of aryl methyl sites for hydroxylation is 1. The van der Waals surface area contributed by atoms with Crippen molar-refractivity contribution < 1.29 is 9.90 Å². The second-order valence-corrected chi connectivity index (χ2v) is 5.53. The van der Waals surface area contributed by atoms with Gasteiger partial charge in [-0.3, -0.25) is 0 Å². The first-order valence-electron chi connectivity index (χ1n) is 6.19. The molecule has 94 valence electrons. The Balaban J connectivity index is 2.17. The van der Waals surface area contributed by atoms with Gasteiger partial charge in [0.25, 0.3) is 0 Å². The lowest BCUT2D eigenvalue weighted by atomic mass is 10.1. The van der Waals surface area contributed by atoms with Crippen LogP contribution in [0.3, 0.4) is 0 Å². The molecule has 0 amide bonds. The lowest BCUT2D eigenvalue weighted by molar-refractivity contribution is 0.0699. The van der Waals surface area contributed by atoms with Crippen LogP contribution in [0.2, 0.25) is 0 Å². The van der Waals surface area contributed by atoms with Crippen LogP contribution in [0.15, 0.2) is 18.2 Å². The molecule has 1 aromatic heterocycles. The number of aromatic carboxylic acids is 1. The van der Waals surface area contributed by atoms with E-state index in [-0.39, 0.29) is 5.56 Å². The predicted octanol–water partition coefficient (Wildman–Crippen LogP) is 2.84. The molecule has 0 saturated heterocycles. The van der Waals surface area contributed by atoms with Gasteiger partial charge >= 0.3 is 5.97 Å². The normalized spacial score (nSPS) is 17.0. The molecule has 18 heavy (non-hydrogen) atoms. The zero-order valence-electron chi connectivity index (χ0n) is 10.6. The first-order valence-corrected chi connectivity index (χ1v) is 6.19. The minimum Gasteiger partial charge on any atom is -0.478 e. The molecule has 0 radical (unpaired) electrons. The second-order valence-electron chi connectivity index (χ2n) is 5.53. The van der Waals surface area contributed by atoms with Gasteiger partial charge in [-0.1, -0.05) is 13.0 Å². The summed E-state index contributed by atoms with van der Waals surface area (Å²) in [5.41, 5.74) is 2.19. The van der Waals surface area contributed by atoms with Crippen LogP contribution in [0.4, 0.5) is 0 Å². The molecule has 0 aliphatic heterocycles. The highest BCUT2D eigenvalue weighted by Gasteiger charge is 2.38. The van der Waals surface area contributed by atoms with Gasteiger partial charge < -0.3 is 9.67 Å². The SMILES string of the molecule is Cc1nc2c(C(=O)O)cccc2n1CC1(C)CC1. The predicted molar refractivity (Wildman–Crippen MR) is 68.8 cm³/mol. The number of hydrogen-bond donors (Lipinski definition) is 1. The Morgan fingerprint density at radius 2 is 2.22 bits per heavy atom. The lowest BCUT2D eigenvalue weighted by Crippen LogP contribution is -2.09. The molecule has 4 nitrogen and oxygen atoms in total. The number of hydrogen-bond acceptors (Lipinski definition) is 2. The molecule has 4 heteroatoms. The third-order valence-corrected chi connectivity index (χ3v) is 3.84. The maximum Gasteiger partial charge on any atom is 0.337 e. The fourth-order valence-electron chi connectivity index (χ4n) is 2.39. The first kappa shape index (κ1) is 11.3. The zero-order valence-corrected chi connectivity index (χ0v) is 10.6. The second kappa shape index (κ2) is 3.57. The van der Waals surface area contributed by atoms with Crippen LogP contribution in [0.1, 0.15) is 35.9 Å². The van der Waals surface area contributed by atoms with Gasteiger partial charge in [0.05, 0.1) is 11.1 Å². The van der Waals surface area contributed by atoms with Gasteiger partial charge in [-0.2, -0.15) is 0 Å². The average molecular weight is 244 g/mol. The van der Waals surface area contributed by atoms with Crippen molar-refractivity contribution in [1.29, 1.82) is 0 Å².